The number of pyridine rings is 1. The molecular weight excluding hydrogens is 348 g/mol. The second kappa shape index (κ2) is 6.70. The smallest absolute Gasteiger partial charge is 0.262 e. The van der Waals surface area contributed by atoms with Gasteiger partial charge in [0.2, 0.25) is 10.6 Å². The SMILES string of the molecule is CC(C)Cc1nnc(NC(=O)c2c[nH]c3cc(Cl)ccc3c2=O)s1. The largest absolute Gasteiger partial charge is 0.360 e. The fourth-order valence-electron chi connectivity index (χ4n) is 2.26. The molecule has 0 aliphatic heterocycles. The van der Waals surface area contributed by atoms with Crippen LogP contribution in [0.3, 0.4) is 0 Å². The van der Waals surface area contributed by atoms with Crippen molar-refractivity contribution < 1.29 is 4.79 Å². The fourth-order valence-corrected chi connectivity index (χ4v) is 3.38. The lowest BCUT2D eigenvalue weighted by molar-refractivity contribution is 0.102. The molecule has 0 fully saturated rings. The van der Waals surface area contributed by atoms with Gasteiger partial charge in [-0.15, -0.1) is 10.2 Å². The van der Waals surface area contributed by atoms with Crippen LogP contribution in [0.15, 0.2) is 29.2 Å². The first kappa shape index (κ1) is 16.6. The number of carbonyl (C=O) groups is 1. The molecule has 1 amide bonds. The Hall–Kier alpha value is -2.25. The molecule has 0 spiro atoms. The molecule has 1 aromatic carbocycles. The molecule has 0 bridgehead atoms. The number of H-pyrrole nitrogens is 1. The third-order valence-electron chi connectivity index (χ3n) is 3.36. The Labute approximate surface area is 146 Å². The normalized spacial score (nSPS) is 11.2. The van der Waals surface area contributed by atoms with Crippen LogP contribution in [-0.4, -0.2) is 21.1 Å². The van der Waals surface area contributed by atoms with Crippen LogP contribution in [-0.2, 0) is 6.42 Å². The number of nitrogens with one attached hydrogen (secondary N) is 2. The lowest BCUT2D eigenvalue weighted by Crippen LogP contribution is -2.21. The highest BCUT2D eigenvalue weighted by atomic mass is 35.5. The molecule has 2 N–H and O–H groups in total. The highest BCUT2D eigenvalue weighted by Gasteiger charge is 2.15. The lowest BCUT2D eigenvalue weighted by atomic mass is 10.1. The highest BCUT2D eigenvalue weighted by molar-refractivity contribution is 7.15. The topological polar surface area (TPSA) is 87.7 Å². The molecule has 2 heterocycles. The average molecular weight is 363 g/mol. The van der Waals surface area contributed by atoms with Crippen molar-refractivity contribution in [2.75, 3.05) is 5.32 Å². The number of aromatic amines is 1. The van der Waals surface area contributed by atoms with E-state index in [0.29, 0.717) is 27.0 Å². The van der Waals surface area contributed by atoms with E-state index in [9.17, 15) is 9.59 Å². The van der Waals surface area contributed by atoms with Gasteiger partial charge in [0.15, 0.2) is 0 Å². The predicted molar refractivity (Wildman–Crippen MR) is 96.0 cm³/mol. The maximum atomic E-state index is 12.5. The summed E-state index contributed by atoms with van der Waals surface area (Å²) in [5, 5.41) is 12.8. The molecule has 2 aromatic heterocycles. The van der Waals surface area contributed by atoms with Gasteiger partial charge in [-0.3, -0.25) is 14.9 Å². The second-order valence-corrected chi connectivity index (χ2v) is 7.27. The number of anilines is 1. The van der Waals surface area contributed by atoms with Gasteiger partial charge in [0.25, 0.3) is 5.91 Å². The van der Waals surface area contributed by atoms with Crippen molar-refractivity contribution in [1.29, 1.82) is 0 Å². The molecule has 3 aromatic rings. The minimum Gasteiger partial charge on any atom is -0.360 e. The molecule has 0 aliphatic rings. The van der Waals surface area contributed by atoms with E-state index < -0.39 is 5.91 Å². The zero-order valence-electron chi connectivity index (χ0n) is 13.1. The zero-order valence-corrected chi connectivity index (χ0v) is 14.7. The number of benzene rings is 1. The Morgan fingerprint density at radius 3 is 2.92 bits per heavy atom. The quantitative estimate of drug-likeness (QED) is 0.743. The molecule has 0 radical (unpaired) electrons. The van der Waals surface area contributed by atoms with E-state index in [0.717, 1.165) is 11.4 Å². The highest BCUT2D eigenvalue weighted by Crippen LogP contribution is 2.19. The Bertz CT molecular complexity index is 964. The van der Waals surface area contributed by atoms with Gasteiger partial charge < -0.3 is 4.98 Å². The van der Waals surface area contributed by atoms with Gasteiger partial charge in [-0.05, 0) is 24.1 Å². The summed E-state index contributed by atoms with van der Waals surface area (Å²) in [5.41, 5.74) is 0.245. The first-order valence-corrected chi connectivity index (χ1v) is 8.58. The molecule has 8 heteroatoms. The van der Waals surface area contributed by atoms with Crippen molar-refractivity contribution in [2.45, 2.75) is 20.3 Å². The summed E-state index contributed by atoms with van der Waals surface area (Å²) in [6.07, 6.45) is 2.18. The van der Waals surface area contributed by atoms with Gasteiger partial charge in [-0.2, -0.15) is 0 Å². The van der Waals surface area contributed by atoms with Crippen molar-refractivity contribution in [1.82, 2.24) is 15.2 Å². The molecular formula is C16H15ClN4O2S. The fraction of sp³-hybridized carbons (Fsp3) is 0.250. The van der Waals surface area contributed by atoms with E-state index >= 15 is 0 Å². The van der Waals surface area contributed by atoms with Crippen molar-refractivity contribution >= 4 is 44.9 Å². The lowest BCUT2D eigenvalue weighted by Gasteiger charge is -2.03. The number of halogens is 1. The van der Waals surface area contributed by atoms with E-state index in [1.54, 1.807) is 18.2 Å². The molecule has 24 heavy (non-hydrogen) atoms. The Morgan fingerprint density at radius 1 is 1.38 bits per heavy atom. The Balaban J connectivity index is 1.86. The van der Waals surface area contributed by atoms with Crippen LogP contribution in [0.25, 0.3) is 10.9 Å². The molecule has 0 unspecified atom stereocenters. The van der Waals surface area contributed by atoms with Gasteiger partial charge in [0, 0.05) is 23.0 Å². The number of rotatable bonds is 4. The van der Waals surface area contributed by atoms with Crippen LogP contribution in [0.1, 0.15) is 29.2 Å². The maximum Gasteiger partial charge on any atom is 0.262 e. The number of hydrogen-bond acceptors (Lipinski definition) is 5. The van der Waals surface area contributed by atoms with Gasteiger partial charge >= 0.3 is 0 Å². The van der Waals surface area contributed by atoms with Crippen molar-refractivity contribution in [3.05, 3.63) is 50.2 Å². The molecule has 6 nitrogen and oxygen atoms in total. The molecule has 0 saturated carbocycles. The van der Waals surface area contributed by atoms with Gasteiger partial charge in [-0.25, -0.2) is 0 Å². The summed E-state index contributed by atoms with van der Waals surface area (Å²) < 4.78 is 0. The third kappa shape index (κ3) is 3.47. The van der Waals surface area contributed by atoms with Crippen LogP contribution in [0.4, 0.5) is 5.13 Å². The Kier molecular flexibility index (Phi) is 4.64. The van der Waals surface area contributed by atoms with E-state index in [1.807, 2.05) is 0 Å². The van der Waals surface area contributed by atoms with Gasteiger partial charge in [-0.1, -0.05) is 36.8 Å². The molecule has 3 rings (SSSR count). The first-order chi connectivity index (χ1) is 11.4. The standard InChI is InChI=1S/C16H15ClN4O2S/c1-8(2)5-13-20-21-16(24-13)19-15(23)11-7-18-12-6-9(17)3-4-10(12)14(11)22/h3-4,6-8H,5H2,1-2H3,(H,18,22)(H,19,21,23). The van der Waals surface area contributed by atoms with Gasteiger partial charge in [0.1, 0.15) is 10.6 Å². The minimum absolute atomic E-state index is 0.0189. The number of hydrogen-bond donors (Lipinski definition) is 2. The van der Waals surface area contributed by atoms with E-state index in [-0.39, 0.29) is 11.0 Å². The van der Waals surface area contributed by atoms with E-state index in [4.69, 9.17) is 11.6 Å². The predicted octanol–water partition coefficient (Wildman–Crippen LogP) is 3.48. The summed E-state index contributed by atoms with van der Waals surface area (Å²) in [6, 6.07) is 4.85. The molecule has 0 saturated heterocycles. The summed E-state index contributed by atoms with van der Waals surface area (Å²) in [5.74, 6) is -0.0583. The first-order valence-electron chi connectivity index (χ1n) is 7.38. The minimum atomic E-state index is -0.514. The van der Waals surface area contributed by atoms with Crippen LogP contribution in [0.5, 0.6) is 0 Å². The van der Waals surface area contributed by atoms with Crippen molar-refractivity contribution in [3.63, 3.8) is 0 Å². The zero-order chi connectivity index (χ0) is 17.3. The van der Waals surface area contributed by atoms with Crippen molar-refractivity contribution in [3.8, 4) is 0 Å². The third-order valence-corrected chi connectivity index (χ3v) is 4.45. The second-order valence-electron chi connectivity index (χ2n) is 5.77. The maximum absolute atomic E-state index is 12.5. The summed E-state index contributed by atoms with van der Waals surface area (Å²) >= 11 is 7.22. The number of fused-ring (bicyclic) bond motifs is 1. The van der Waals surface area contributed by atoms with Crippen LogP contribution < -0.4 is 10.7 Å². The van der Waals surface area contributed by atoms with E-state index in [1.165, 1.54) is 17.5 Å². The number of carbonyl (C=O) groups excluding carboxylic acids is 1. The molecule has 0 aliphatic carbocycles. The van der Waals surface area contributed by atoms with Crippen LogP contribution >= 0.6 is 22.9 Å². The number of nitrogens with zero attached hydrogens (tertiary/aromatic N) is 2. The van der Waals surface area contributed by atoms with Gasteiger partial charge in [0.05, 0.1) is 5.52 Å². The summed E-state index contributed by atoms with van der Waals surface area (Å²) in [7, 11) is 0. The summed E-state index contributed by atoms with van der Waals surface area (Å²) in [4.78, 5) is 27.7. The van der Waals surface area contributed by atoms with Crippen LogP contribution in [0, 0.1) is 5.92 Å². The number of aromatic nitrogens is 3. The number of amides is 1. The molecule has 124 valence electrons. The van der Waals surface area contributed by atoms with Crippen molar-refractivity contribution in [2.24, 2.45) is 5.92 Å². The summed E-state index contributed by atoms with van der Waals surface area (Å²) in [6.45, 7) is 4.17. The van der Waals surface area contributed by atoms with E-state index in [2.05, 4.69) is 34.3 Å². The molecule has 0 atom stereocenters. The monoisotopic (exact) mass is 362 g/mol. The Morgan fingerprint density at radius 2 is 2.17 bits per heavy atom. The van der Waals surface area contributed by atoms with Crippen LogP contribution in [0.2, 0.25) is 5.02 Å². The average Bonchev–Trinajstić information content (AvgIpc) is 2.93.